The molecule has 0 aliphatic heterocycles. The van der Waals surface area contributed by atoms with Gasteiger partial charge in [0, 0.05) is 12.2 Å². The van der Waals surface area contributed by atoms with Gasteiger partial charge in [0.2, 0.25) is 0 Å². The number of nitrogens with zero attached hydrogens (tertiary/aromatic N) is 3. The summed E-state index contributed by atoms with van der Waals surface area (Å²) in [5, 5.41) is 24.2. The molecule has 0 radical (unpaired) electrons. The Bertz CT molecular complexity index is 889. The molecule has 0 spiro atoms. The lowest BCUT2D eigenvalue weighted by atomic mass is 10.2. The van der Waals surface area contributed by atoms with Crippen LogP contribution in [0.1, 0.15) is 17.8 Å². The van der Waals surface area contributed by atoms with E-state index in [1.165, 1.54) is 18.2 Å². The average molecular weight is 407 g/mol. The molecular weight excluding hydrogens is 391 g/mol. The summed E-state index contributed by atoms with van der Waals surface area (Å²) >= 11 is 5.73. The Labute approximate surface area is 153 Å². The van der Waals surface area contributed by atoms with Crippen LogP contribution in [-0.2, 0) is 16.6 Å². The monoisotopic (exact) mass is 406 g/mol. The highest BCUT2D eigenvalue weighted by Crippen LogP contribution is 2.20. The highest BCUT2D eigenvalue weighted by molar-refractivity contribution is 7.87. The van der Waals surface area contributed by atoms with Crippen LogP contribution in [-0.4, -0.2) is 42.9 Å². The first-order valence-corrected chi connectivity index (χ1v) is 9.19. The molecule has 5 N–H and O–H groups in total. The number of benzene rings is 1. The van der Waals surface area contributed by atoms with Crippen molar-refractivity contribution in [1.29, 1.82) is 0 Å². The van der Waals surface area contributed by atoms with Gasteiger partial charge in [0.05, 0.1) is 5.02 Å². The number of aliphatic imine (C=N–C) groups is 1. The van der Waals surface area contributed by atoms with Gasteiger partial charge < -0.3 is 10.4 Å². The van der Waals surface area contributed by atoms with Crippen LogP contribution < -0.4 is 15.2 Å². The number of anilines is 1. The molecule has 2 rings (SSSR count). The standard InChI is InChI=1S/C13H16ClFN6O4S/c14-9-6-8(3-4-10(9)15)19-13(17-7-22)12-11(20-25-21-12)2-1-5-18-26(16,23)24/h3-4,6,18,22H,1-2,5,7H2,(H,17,19)(H2,16,23,24). The molecule has 0 aliphatic carbocycles. The number of hydrogen-bond donors (Lipinski definition) is 4. The van der Waals surface area contributed by atoms with Crippen molar-refractivity contribution in [2.45, 2.75) is 12.8 Å². The number of aryl methyl sites for hydroxylation is 1. The van der Waals surface area contributed by atoms with Crippen LogP contribution in [0.25, 0.3) is 0 Å². The molecule has 0 fully saturated rings. The highest BCUT2D eigenvalue weighted by atomic mass is 35.5. The first kappa shape index (κ1) is 20.2. The minimum atomic E-state index is -3.77. The van der Waals surface area contributed by atoms with E-state index in [9.17, 15) is 12.8 Å². The van der Waals surface area contributed by atoms with E-state index in [-0.39, 0.29) is 23.1 Å². The van der Waals surface area contributed by atoms with Gasteiger partial charge in [-0.05, 0) is 36.2 Å². The summed E-state index contributed by atoms with van der Waals surface area (Å²) in [4.78, 5) is 3.87. The number of hydrogen-bond acceptors (Lipinski definition) is 7. The number of nitrogens with one attached hydrogen (secondary N) is 2. The van der Waals surface area contributed by atoms with E-state index in [0.29, 0.717) is 24.2 Å². The molecule has 1 heterocycles. The van der Waals surface area contributed by atoms with E-state index < -0.39 is 22.8 Å². The molecule has 0 saturated carbocycles. The van der Waals surface area contributed by atoms with Crippen molar-refractivity contribution >= 4 is 33.3 Å². The molecule has 0 aliphatic rings. The predicted molar refractivity (Wildman–Crippen MR) is 92.4 cm³/mol. The molecule has 0 saturated heterocycles. The van der Waals surface area contributed by atoms with Crippen molar-refractivity contribution in [2.75, 3.05) is 18.6 Å². The van der Waals surface area contributed by atoms with Crippen LogP contribution in [0.2, 0.25) is 5.02 Å². The molecule has 1 aromatic carbocycles. The Kier molecular flexibility index (Phi) is 6.99. The summed E-state index contributed by atoms with van der Waals surface area (Å²) in [6.45, 7) is -0.449. The summed E-state index contributed by atoms with van der Waals surface area (Å²) < 4.78 is 41.8. The number of aliphatic hydroxyl groups excluding tert-OH is 1. The lowest BCUT2D eigenvalue weighted by Crippen LogP contribution is -2.31. The largest absolute Gasteiger partial charge is 0.374 e. The molecule has 10 nitrogen and oxygen atoms in total. The van der Waals surface area contributed by atoms with Crippen LogP contribution in [0.3, 0.4) is 0 Å². The molecule has 13 heteroatoms. The van der Waals surface area contributed by atoms with Crippen molar-refractivity contribution in [3.63, 3.8) is 0 Å². The van der Waals surface area contributed by atoms with Crippen LogP contribution >= 0.6 is 11.6 Å². The fourth-order valence-corrected chi connectivity index (χ4v) is 2.58. The van der Waals surface area contributed by atoms with Gasteiger partial charge in [0.15, 0.2) is 11.5 Å². The number of aromatic nitrogens is 2. The third-order valence-electron chi connectivity index (χ3n) is 3.09. The Morgan fingerprint density at radius 2 is 2.19 bits per heavy atom. The maximum absolute atomic E-state index is 13.3. The van der Waals surface area contributed by atoms with Gasteiger partial charge >= 0.3 is 0 Å². The van der Waals surface area contributed by atoms with Gasteiger partial charge in [-0.2, -0.15) is 8.42 Å². The topological polar surface area (TPSA) is 156 Å². The van der Waals surface area contributed by atoms with Crippen molar-refractivity contribution in [3.05, 3.63) is 40.4 Å². The van der Waals surface area contributed by atoms with Gasteiger partial charge in [-0.3, -0.25) is 0 Å². The number of halogens is 2. The molecule has 0 atom stereocenters. The third-order valence-corrected chi connectivity index (χ3v) is 3.98. The lowest BCUT2D eigenvalue weighted by molar-refractivity contribution is 0.301. The zero-order valence-electron chi connectivity index (χ0n) is 13.3. The fourth-order valence-electron chi connectivity index (χ4n) is 1.98. The predicted octanol–water partition coefficient (Wildman–Crippen LogP) is 0.396. The minimum Gasteiger partial charge on any atom is -0.374 e. The Morgan fingerprint density at radius 3 is 2.85 bits per heavy atom. The van der Waals surface area contributed by atoms with Crippen LogP contribution in [0, 0.1) is 5.82 Å². The highest BCUT2D eigenvalue weighted by Gasteiger charge is 2.17. The second-order valence-electron chi connectivity index (χ2n) is 5.00. The Balaban J connectivity index is 2.11. The molecular formula is C13H16ClFN6O4S. The molecule has 1 aromatic heterocycles. The quantitative estimate of drug-likeness (QED) is 0.281. The second kappa shape index (κ2) is 9.00. The first-order chi connectivity index (χ1) is 12.3. The van der Waals surface area contributed by atoms with Crippen molar-refractivity contribution in [3.8, 4) is 0 Å². The minimum absolute atomic E-state index is 0.0917. The van der Waals surface area contributed by atoms with Gasteiger partial charge in [0.25, 0.3) is 10.2 Å². The van der Waals surface area contributed by atoms with Crippen LogP contribution in [0.15, 0.2) is 27.8 Å². The zero-order valence-corrected chi connectivity index (χ0v) is 14.9. The summed E-state index contributed by atoms with van der Waals surface area (Å²) in [6.07, 6.45) is 0.671. The molecule has 0 unspecified atom stereocenters. The Hall–Kier alpha value is -2.12. The van der Waals surface area contributed by atoms with E-state index in [1.54, 1.807) is 0 Å². The molecule has 0 amide bonds. The summed E-state index contributed by atoms with van der Waals surface area (Å²) in [7, 11) is -3.77. The van der Waals surface area contributed by atoms with Crippen molar-refractivity contribution in [1.82, 2.24) is 15.0 Å². The van der Waals surface area contributed by atoms with E-state index in [2.05, 4.69) is 25.3 Å². The van der Waals surface area contributed by atoms with E-state index >= 15 is 0 Å². The van der Waals surface area contributed by atoms with Gasteiger partial charge in [0.1, 0.15) is 18.2 Å². The average Bonchev–Trinajstić information content (AvgIpc) is 3.02. The zero-order chi connectivity index (χ0) is 19.2. The van der Waals surface area contributed by atoms with Gasteiger partial charge in [-0.1, -0.05) is 16.8 Å². The molecule has 2 aromatic rings. The maximum Gasteiger partial charge on any atom is 0.274 e. The lowest BCUT2D eigenvalue weighted by Gasteiger charge is -2.09. The first-order valence-electron chi connectivity index (χ1n) is 7.26. The van der Waals surface area contributed by atoms with Crippen molar-refractivity contribution in [2.24, 2.45) is 10.1 Å². The van der Waals surface area contributed by atoms with Crippen LogP contribution in [0.5, 0.6) is 0 Å². The van der Waals surface area contributed by atoms with Gasteiger partial charge in [-0.25, -0.2) is 23.9 Å². The van der Waals surface area contributed by atoms with Crippen LogP contribution in [0.4, 0.5) is 10.1 Å². The Morgan fingerprint density at radius 1 is 1.42 bits per heavy atom. The number of nitrogens with two attached hydrogens (primary N) is 1. The maximum atomic E-state index is 13.3. The van der Waals surface area contributed by atoms with Crippen molar-refractivity contribution < 1.29 is 22.5 Å². The molecule has 142 valence electrons. The molecule has 0 bridgehead atoms. The summed E-state index contributed by atoms with van der Waals surface area (Å²) in [6, 6.07) is 3.94. The smallest absolute Gasteiger partial charge is 0.274 e. The normalized spacial score (nSPS) is 12.4. The molecule has 26 heavy (non-hydrogen) atoms. The summed E-state index contributed by atoms with van der Waals surface area (Å²) in [5.41, 5.74) is 1.01. The van der Waals surface area contributed by atoms with E-state index in [1.807, 2.05) is 0 Å². The van der Waals surface area contributed by atoms with Gasteiger partial charge in [-0.15, -0.1) is 0 Å². The number of amidine groups is 1. The van der Waals surface area contributed by atoms with E-state index in [0.717, 1.165) is 0 Å². The third kappa shape index (κ3) is 6.00. The van der Waals surface area contributed by atoms with E-state index in [4.69, 9.17) is 26.5 Å². The fraction of sp³-hybridized carbons (Fsp3) is 0.308. The number of aliphatic hydroxyl groups is 1. The summed E-state index contributed by atoms with van der Waals surface area (Å²) in [5.74, 6) is -0.449. The second-order valence-corrected chi connectivity index (χ2v) is 6.79. The SMILES string of the molecule is NS(=O)(=O)NCCCc1nonc1C(=NCO)Nc1ccc(F)c(Cl)c1. The number of rotatable bonds is 8.